The van der Waals surface area contributed by atoms with Crippen LogP contribution in [0.25, 0.3) is 20.2 Å². The molecule has 0 N–H and O–H groups in total. The van der Waals surface area contributed by atoms with Crippen LogP contribution in [-0.2, 0) is 0 Å². The molecule has 0 atom stereocenters. The largest absolute Gasteiger partial charge is 0.458 e. The molecule has 0 fully saturated rings. The van der Waals surface area contributed by atoms with Gasteiger partial charge in [-0.15, -0.1) is 11.3 Å². The van der Waals surface area contributed by atoms with Gasteiger partial charge >= 0.3 is 0 Å². The predicted molar refractivity (Wildman–Crippen MR) is 347 cm³/mol. The van der Waals surface area contributed by atoms with Crippen LogP contribution in [0.2, 0.25) is 0 Å². The highest BCUT2D eigenvalue weighted by Crippen LogP contribution is 2.49. The first-order chi connectivity index (χ1) is 41.1. The Morgan fingerprint density at radius 1 is 0.313 bits per heavy atom. The Hall–Kier alpha value is -10.5. The molecule has 0 saturated carbocycles. The van der Waals surface area contributed by atoms with Gasteiger partial charge in [-0.2, -0.15) is 0 Å². The molecule has 1 aromatic heterocycles. The second kappa shape index (κ2) is 18.8. The van der Waals surface area contributed by atoms with Crippen molar-refractivity contribution in [2.45, 2.75) is 0 Å². The van der Waals surface area contributed by atoms with Gasteiger partial charge in [0.05, 0.1) is 11.4 Å². The van der Waals surface area contributed by atoms with E-state index in [0.717, 1.165) is 133 Å². The summed E-state index contributed by atoms with van der Waals surface area (Å²) in [5, 5.41) is 1.33. The number of anilines is 12. The zero-order chi connectivity index (χ0) is 54.7. The van der Waals surface area contributed by atoms with E-state index in [2.05, 4.69) is 299 Å². The molecule has 0 saturated heterocycles. The van der Waals surface area contributed by atoms with Crippen LogP contribution >= 0.6 is 11.3 Å². The Morgan fingerprint density at radius 3 is 1.02 bits per heavy atom. The number of fused-ring (bicyclic) bond motifs is 10. The lowest BCUT2D eigenvalue weighted by molar-refractivity contribution is 0.488. The number of ether oxygens (including phenoxy) is 2. The topological polar surface area (TPSA) is 48.5 Å². The summed E-state index contributed by atoms with van der Waals surface area (Å²) in [6, 6.07) is 98.1. The first-order valence-corrected chi connectivity index (χ1v) is 28.9. The van der Waals surface area contributed by atoms with Crippen LogP contribution in [0.1, 0.15) is 0 Å². The van der Waals surface area contributed by atoms with Gasteiger partial charge in [0, 0.05) is 89.2 Å². The van der Waals surface area contributed by atoms with Gasteiger partial charge in [-0.3, -0.25) is 4.79 Å². The third kappa shape index (κ3) is 7.43. The molecular weight excluding hydrogens is 1030 g/mol. The lowest BCUT2D eigenvalue weighted by atomic mass is 9.34. The third-order valence-electron chi connectivity index (χ3n) is 16.8. The van der Waals surface area contributed by atoms with E-state index >= 15 is 4.79 Å². The first-order valence-electron chi connectivity index (χ1n) is 28.1. The number of para-hydroxylation sites is 8. The molecule has 0 amide bonds. The number of benzene rings is 12. The highest BCUT2D eigenvalue weighted by atomic mass is 32.1. The summed E-state index contributed by atoms with van der Waals surface area (Å²) in [5.41, 5.74) is 18.6. The SMILES string of the molecule is O=c1c2cc3c(cc2sc2cc4c(cc12)B1c2ccccc2N(c2ccccc2)c2cc(N(c5ccccc5)c5ccccc5)cc(c21)O4)Oc1cc(N(c2ccccc2)c2ccccc2)cc2c1B3c1ccccc1N2c1ccccc1. The summed E-state index contributed by atoms with van der Waals surface area (Å²) >= 11 is 1.60. The van der Waals surface area contributed by atoms with Crippen LogP contribution in [0.5, 0.6) is 23.0 Å². The van der Waals surface area contributed by atoms with Crippen molar-refractivity contribution in [2.24, 2.45) is 0 Å². The average molecular weight is 1080 g/mol. The number of hydrogen-bond donors (Lipinski definition) is 0. The summed E-state index contributed by atoms with van der Waals surface area (Å²) in [6.45, 7) is -0.466. The normalized spacial score (nSPS) is 13.0. The molecule has 0 aliphatic carbocycles. The minimum atomic E-state index is -0.233. The molecule has 0 spiro atoms. The van der Waals surface area contributed by atoms with Gasteiger partial charge in [-0.1, -0.05) is 158 Å². The third-order valence-corrected chi connectivity index (χ3v) is 18.0. The van der Waals surface area contributed by atoms with Crippen LogP contribution in [-0.4, -0.2) is 13.4 Å². The van der Waals surface area contributed by atoms with Crippen LogP contribution < -0.4 is 67.3 Å². The zero-order valence-corrected chi connectivity index (χ0v) is 45.5. The number of rotatable bonds is 8. The van der Waals surface area contributed by atoms with Gasteiger partial charge in [-0.25, -0.2) is 0 Å². The Balaban J connectivity index is 0.863. The minimum Gasteiger partial charge on any atom is -0.458 e. The second-order valence-corrected chi connectivity index (χ2v) is 22.6. The van der Waals surface area contributed by atoms with Crippen molar-refractivity contribution < 1.29 is 9.47 Å². The smallest absolute Gasteiger partial charge is 0.256 e. The Kier molecular flexibility index (Phi) is 10.7. The summed E-state index contributed by atoms with van der Waals surface area (Å²) in [6.07, 6.45) is 0. The van der Waals surface area contributed by atoms with Gasteiger partial charge in [0.1, 0.15) is 23.0 Å². The Labute approximate surface area is 484 Å². The summed E-state index contributed by atoms with van der Waals surface area (Å²) < 4.78 is 16.3. The quantitative estimate of drug-likeness (QED) is 0.111. The van der Waals surface area contributed by atoms with Crippen molar-refractivity contribution in [3.8, 4) is 23.0 Å². The average Bonchev–Trinajstić information content (AvgIpc) is 2.31. The molecule has 83 heavy (non-hydrogen) atoms. The zero-order valence-electron chi connectivity index (χ0n) is 44.6. The van der Waals surface area contributed by atoms with Crippen molar-refractivity contribution in [2.75, 3.05) is 19.6 Å². The molecule has 4 aliphatic heterocycles. The second-order valence-electron chi connectivity index (χ2n) is 21.5. The van der Waals surface area contributed by atoms with E-state index in [4.69, 9.17) is 9.47 Å². The van der Waals surface area contributed by atoms with Crippen molar-refractivity contribution in [3.05, 3.63) is 289 Å². The fourth-order valence-corrected chi connectivity index (χ4v) is 14.5. The molecule has 0 bridgehead atoms. The van der Waals surface area contributed by atoms with E-state index in [9.17, 15) is 0 Å². The molecular formula is C73H46B2N4O3S. The van der Waals surface area contributed by atoms with E-state index in [1.807, 2.05) is 0 Å². The van der Waals surface area contributed by atoms with E-state index in [1.165, 1.54) is 0 Å². The number of hydrogen-bond acceptors (Lipinski definition) is 8. The lowest BCUT2D eigenvalue weighted by Crippen LogP contribution is -2.59. The van der Waals surface area contributed by atoms with Crippen LogP contribution in [0.3, 0.4) is 0 Å². The van der Waals surface area contributed by atoms with E-state index < -0.39 is 0 Å². The van der Waals surface area contributed by atoms with Gasteiger partial charge in [0.15, 0.2) is 5.43 Å². The maximum absolute atomic E-state index is 15.7. The fraction of sp³-hybridized carbons (Fsp3) is 0. The molecule has 10 heteroatoms. The standard InChI is InChI=1S/C73H46B2N4O3S/c80-73-55-43-59-65(81-67-41-53(76(47-23-7-1-8-24-47)48-25-9-2-10-26-48)39-63-71(67)74(59)57-35-19-21-37-61(57)78(63)51-31-15-5-16-32-51)45-69(55)83-70-46-66-60(44-56(70)73)75-58-36-20-22-38-62(58)79(52-33-17-6-18-34-52)64-40-54(42-68(82-66)72(64)75)77(49-27-11-3-12-28-49)50-29-13-4-14-30-50/h1-46H. The molecule has 13 aromatic rings. The van der Waals surface area contributed by atoms with Gasteiger partial charge in [-0.05, 0) is 142 Å². The van der Waals surface area contributed by atoms with Crippen molar-refractivity contribution in [1.29, 1.82) is 0 Å². The maximum Gasteiger partial charge on any atom is 0.256 e. The predicted octanol–water partition coefficient (Wildman–Crippen LogP) is 15.2. The lowest BCUT2D eigenvalue weighted by Gasteiger charge is -2.41. The van der Waals surface area contributed by atoms with E-state index in [0.29, 0.717) is 10.8 Å². The van der Waals surface area contributed by atoms with Gasteiger partial charge in [0.25, 0.3) is 13.4 Å². The van der Waals surface area contributed by atoms with Crippen LogP contribution in [0.4, 0.5) is 68.2 Å². The molecule has 4 aliphatic rings. The molecule has 0 radical (unpaired) electrons. The molecule has 17 rings (SSSR count). The monoisotopic (exact) mass is 1080 g/mol. The highest BCUT2D eigenvalue weighted by Gasteiger charge is 2.45. The van der Waals surface area contributed by atoms with Crippen molar-refractivity contribution in [1.82, 2.24) is 0 Å². The molecule has 7 nitrogen and oxygen atoms in total. The summed E-state index contributed by atoms with van der Waals surface area (Å²) in [4.78, 5) is 25.1. The molecule has 5 heterocycles. The first kappa shape index (κ1) is 47.3. The van der Waals surface area contributed by atoms with Crippen LogP contribution in [0, 0.1) is 0 Å². The van der Waals surface area contributed by atoms with Crippen molar-refractivity contribution >= 4 is 146 Å². The van der Waals surface area contributed by atoms with E-state index in [-0.39, 0.29) is 18.9 Å². The molecule has 12 aromatic carbocycles. The number of nitrogens with zero attached hydrogens (tertiary/aromatic N) is 4. The van der Waals surface area contributed by atoms with Crippen LogP contribution in [0.15, 0.2) is 284 Å². The Bertz CT molecular complexity index is 4430. The molecule has 388 valence electrons. The minimum absolute atomic E-state index is 0.0187. The van der Waals surface area contributed by atoms with E-state index in [1.54, 1.807) is 11.3 Å². The van der Waals surface area contributed by atoms with Gasteiger partial charge in [0.2, 0.25) is 0 Å². The molecule has 0 unspecified atom stereocenters. The summed E-state index contributed by atoms with van der Waals surface area (Å²) in [7, 11) is 0. The van der Waals surface area contributed by atoms with Crippen molar-refractivity contribution in [3.63, 3.8) is 0 Å². The fourth-order valence-electron chi connectivity index (χ4n) is 13.4. The maximum atomic E-state index is 15.7. The Morgan fingerprint density at radius 2 is 0.651 bits per heavy atom. The highest BCUT2D eigenvalue weighted by molar-refractivity contribution is 7.24. The van der Waals surface area contributed by atoms with Gasteiger partial charge < -0.3 is 29.1 Å². The summed E-state index contributed by atoms with van der Waals surface area (Å²) in [5.74, 6) is 3.00.